The highest BCUT2D eigenvalue weighted by molar-refractivity contribution is 6.09. The van der Waals surface area contributed by atoms with Gasteiger partial charge >= 0.3 is 0 Å². The van der Waals surface area contributed by atoms with Crippen LogP contribution in [-0.2, 0) is 12.1 Å². The zero-order chi connectivity index (χ0) is 25.5. The zero-order valence-corrected chi connectivity index (χ0v) is 20.2. The van der Waals surface area contributed by atoms with Crippen molar-refractivity contribution in [1.29, 1.82) is 0 Å². The number of ketones is 1. The largest absolute Gasteiger partial charge is 0.494 e. The first-order valence-corrected chi connectivity index (χ1v) is 12.1. The highest BCUT2D eigenvalue weighted by atomic mass is 16.6. The van der Waals surface area contributed by atoms with Gasteiger partial charge in [0.1, 0.15) is 12.4 Å². The molecule has 0 spiro atoms. The van der Waals surface area contributed by atoms with E-state index in [4.69, 9.17) is 19.9 Å². The average molecular weight is 498 g/mol. The van der Waals surface area contributed by atoms with Gasteiger partial charge in [0.2, 0.25) is 5.82 Å². The Bertz CT molecular complexity index is 1360. The number of nitrogens with two attached hydrogens (primary N) is 1. The lowest BCUT2D eigenvalue weighted by atomic mass is 10.1. The number of aromatic amines is 1. The van der Waals surface area contributed by atoms with E-state index < -0.39 is 5.72 Å². The third-order valence-electron chi connectivity index (χ3n) is 6.00. The van der Waals surface area contributed by atoms with Gasteiger partial charge < -0.3 is 14.2 Å². The Labute approximate surface area is 214 Å². The molecule has 0 radical (unpaired) electrons. The number of hydrogen-bond donors (Lipinski definition) is 2. The number of benzene rings is 3. The Hall–Kier alpha value is -4.50. The van der Waals surface area contributed by atoms with Gasteiger partial charge in [0.25, 0.3) is 5.72 Å². The molecule has 5 rings (SSSR count). The molecule has 37 heavy (non-hydrogen) atoms. The summed E-state index contributed by atoms with van der Waals surface area (Å²) in [5.41, 5.74) is 7.41. The number of ether oxygens (including phenoxy) is 3. The van der Waals surface area contributed by atoms with E-state index in [0.29, 0.717) is 17.9 Å². The van der Waals surface area contributed by atoms with E-state index in [1.807, 2.05) is 30.3 Å². The molecule has 1 aliphatic rings. The lowest BCUT2D eigenvalue weighted by molar-refractivity contribution is -0.0154. The van der Waals surface area contributed by atoms with Crippen LogP contribution >= 0.6 is 0 Å². The first-order valence-electron chi connectivity index (χ1n) is 12.1. The Balaban J connectivity index is 1.17. The van der Waals surface area contributed by atoms with Crippen LogP contribution < -0.4 is 19.9 Å². The van der Waals surface area contributed by atoms with Gasteiger partial charge in [-0.2, -0.15) is 0 Å². The minimum atomic E-state index is -1.44. The summed E-state index contributed by atoms with van der Waals surface area (Å²) in [6.07, 6.45) is 6.33. The van der Waals surface area contributed by atoms with E-state index in [9.17, 15) is 4.79 Å². The molecule has 0 fully saturated rings. The van der Waals surface area contributed by atoms with Crippen molar-refractivity contribution in [1.82, 2.24) is 20.6 Å². The summed E-state index contributed by atoms with van der Waals surface area (Å²) in [7, 11) is 0. The molecule has 1 aromatic heterocycles. The summed E-state index contributed by atoms with van der Waals surface area (Å²) in [5.74, 6) is 1.43. The standard InChI is InChI=1S/C28H27N5O4/c29-28(27-30-32-33-31-27)19-36-25-11-6-10-23(26(25)37-28)24(34)17-14-21-12-15-22(16-13-21)35-18-5-4-9-20-7-2-1-3-8-20/h1-3,6-8,10-17H,4-5,9,18-19,29H2,(H,30,31,32,33). The Morgan fingerprint density at radius 2 is 1.89 bits per heavy atom. The van der Waals surface area contributed by atoms with Gasteiger partial charge in [-0.05, 0) is 71.2 Å². The number of carbonyl (C=O) groups is 1. The monoisotopic (exact) mass is 497 g/mol. The molecule has 0 aliphatic carbocycles. The first-order chi connectivity index (χ1) is 18.1. The summed E-state index contributed by atoms with van der Waals surface area (Å²) in [6.45, 7) is 0.653. The Morgan fingerprint density at radius 1 is 1.05 bits per heavy atom. The van der Waals surface area contributed by atoms with E-state index in [0.717, 1.165) is 30.6 Å². The van der Waals surface area contributed by atoms with Crippen LogP contribution in [-0.4, -0.2) is 39.6 Å². The number of hydrogen-bond acceptors (Lipinski definition) is 8. The summed E-state index contributed by atoms with van der Waals surface area (Å²) in [6, 6.07) is 23.2. The second kappa shape index (κ2) is 11.0. The van der Waals surface area contributed by atoms with Crippen molar-refractivity contribution in [3.8, 4) is 17.2 Å². The molecule has 0 bridgehead atoms. The van der Waals surface area contributed by atoms with Gasteiger partial charge in [0.05, 0.1) is 12.2 Å². The number of nitrogens with one attached hydrogen (secondary N) is 1. The van der Waals surface area contributed by atoms with Crippen molar-refractivity contribution in [3.63, 3.8) is 0 Å². The molecule has 9 heteroatoms. The third kappa shape index (κ3) is 5.84. The van der Waals surface area contributed by atoms with Crippen molar-refractivity contribution in [3.05, 3.63) is 101 Å². The van der Waals surface area contributed by atoms with E-state index in [1.165, 1.54) is 11.6 Å². The van der Waals surface area contributed by atoms with Crippen LogP contribution in [0.1, 0.15) is 40.2 Å². The van der Waals surface area contributed by atoms with Crippen LogP contribution in [0.5, 0.6) is 17.2 Å². The highest BCUT2D eigenvalue weighted by Crippen LogP contribution is 2.39. The van der Waals surface area contributed by atoms with E-state index in [1.54, 1.807) is 24.3 Å². The van der Waals surface area contributed by atoms with E-state index in [2.05, 4.69) is 44.9 Å². The van der Waals surface area contributed by atoms with Crippen molar-refractivity contribution in [2.75, 3.05) is 13.2 Å². The molecular formula is C28H27N5O4. The lowest BCUT2D eigenvalue weighted by Gasteiger charge is -2.33. The predicted octanol–water partition coefficient (Wildman–Crippen LogP) is 4.08. The number of aryl methyl sites for hydroxylation is 1. The van der Waals surface area contributed by atoms with Crippen LogP contribution in [0.25, 0.3) is 6.08 Å². The molecule has 3 aromatic carbocycles. The maximum atomic E-state index is 13.0. The number of unbranched alkanes of at least 4 members (excludes halogenated alkanes) is 1. The molecule has 2 heterocycles. The van der Waals surface area contributed by atoms with Crippen molar-refractivity contribution in [2.24, 2.45) is 5.73 Å². The van der Waals surface area contributed by atoms with Gasteiger partial charge in [-0.15, -0.1) is 5.10 Å². The number of para-hydroxylation sites is 1. The summed E-state index contributed by atoms with van der Waals surface area (Å²) in [5, 5.41) is 13.5. The SMILES string of the molecule is NC1(c2nnn[nH]2)COc2cccc(C(=O)C=Cc3ccc(OCCCCc4ccccc4)cc3)c2O1. The maximum absolute atomic E-state index is 13.0. The number of tetrazole rings is 1. The van der Waals surface area contributed by atoms with Crippen molar-refractivity contribution in [2.45, 2.75) is 25.0 Å². The van der Waals surface area contributed by atoms with Crippen LogP contribution in [0.15, 0.2) is 78.9 Å². The quantitative estimate of drug-likeness (QED) is 0.191. The molecular weight excluding hydrogens is 470 g/mol. The lowest BCUT2D eigenvalue weighted by Crippen LogP contribution is -2.51. The minimum Gasteiger partial charge on any atom is -0.494 e. The van der Waals surface area contributed by atoms with Gasteiger partial charge in [-0.1, -0.05) is 54.6 Å². The molecule has 1 aliphatic heterocycles. The first kappa shape index (κ1) is 24.2. The van der Waals surface area contributed by atoms with Gasteiger partial charge in [0, 0.05) is 0 Å². The molecule has 9 nitrogen and oxygen atoms in total. The van der Waals surface area contributed by atoms with Crippen molar-refractivity contribution < 1.29 is 19.0 Å². The molecule has 188 valence electrons. The Kier molecular flexibility index (Phi) is 7.23. The average Bonchev–Trinajstić information content (AvgIpc) is 3.49. The highest BCUT2D eigenvalue weighted by Gasteiger charge is 2.40. The number of aromatic nitrogens is 4. The summed E-state index contributed by atoms with van der Waals surface area (Å²) < 4.78 is 17.6. The second-order valence-corrected chi connectivity index (χ2v) is 8.72. The number of allylic oxidation sites excluding steroid dienone is 1. The molecule has 3 N–H and O–H groups in total. The van der Waals surface area contributed by atoms with Crippen LogP contribution in [0.3, 0.4) is 0 Å². The van der Waals surface area contributed by atoms with Gasteiger partial charge in [0.15, 0.2) is 17.3 Å². The fraction of sp³-hybridized carbons (Fsp3) is 0.214. The van der Waals surface area contributed by atoms with Crippen LogP contribution in [0.2, 0.25) is 0 Å². The maximum Gasteiger partial charge on any atom is 0.254 e. The molecule has 1 atom stereocenters. The molecule has 1 unspecified atom stereocenters. The number of carbonyl (C=O) groups excluding carboxylic acids is 1. The minimum absolute atomic E-state index is 0.00813. The van der Waals surface area contributed by atoms with Gasteiger partial charge in [-0.3, -0.25) is 10.5 Å². The van der Waals surface area contributed by atoms with Gasteiger partial charge in [-0.25, -0.2) is 5.10 Å². The third-order valence-corrected chi connectivity index (χ3v) is 6.00. The number of fused-ring (bicyclic) bond motifs is 1. The fourth-order valence-electron chi connectivity index (χ4n) is 3.98. The molecule has 0 saturated carbocycles. The topological polar surface area (TPSA) is 125 Å². The number of rotatable bonds is 10. The smallest absolute Gasteiger partial charge is 0.254 e. The number of H-pyrrole nitrogens is 1. The predicted molar refractivity (Wildman–Crippen MR) is 137 cm³/mol. The molecule has 4 aromatic rings. The van der Waals surface area contributed by atoms with Crippen molar-refractivity contribution >= 4 is 11.9 Å². The fourth-order valence-corrected chi connectivity index (χ4v) is 3.98. The van der Waals surface area contributed by atoms with Crippen LogP contribution in [0, 0.1) is 0 Å². The molecule has 0 amide bonds. The Morgan fingerprint density at radius 3 is 2.68 bits per heavy atom. The van der Waals surface area contributed by atoms with E-state index >= 15 is 0 Å². The summed E-state index contributed by atoms with van der Waals surface area (Å²) in [4.78, 5) is 13.0. The van der Waals surface area contributed by atoms with E-state index in [-0.39, 0.29) is 24.0 Å². The normalized spacial score (nSPS) is 16.6. The second-order valence-electron chi connectivity index (χ2n) is 8.72. The zero-order valence-electron chi connectivity index (χ0n) is 20.2. The van der Waals surface area contributed by atoms with Crippen LogP contribution in [0.4, 0.5) is 0 Å². The number of nitrogens with zero attached hydrogens (tertiary/aromatic N) is 3. The molecule has 0 saturated heterocycles. The summed E-state index contributed by atoms with van der Waals surface area (Å²) >= 11 is 0.